The van der Waals surface area contributed by atoms with Crippen molar-refractivity contribution in [3.8, 4) is 0 Å². The number of para-hydroxylation sites is 1. The number of piperazine rings is 1. The fourth-order valence-electron chi connectivity index (χ4n) is 4.02. The van der Waals surface area contributed by atoms with E-state index in [1.807, 2.05) is 0 Å². The summed E-state index contributed by atoms with van der Waals surface area (Å²) in [6.07, 6.45) is -0.326. The van der Waals surface area contributed by atoms with E-state index in [-0.39, 0.29) is 12.7 Å². The molecular formula is C19H31N3O2+2. The van der Waals surface area contributed by atoms with Crippen LogP contribution in [0.5, 0.6) is 0 Å². The van der Waals surface area contributed by atoms with Gasteiger partial charge >= 0.3 is 0 Å². The van der Waals surface area contributed by atoms with Gasteiger partial charge in [0, 0.05) is 16.6 Å². The highest BCUT2D eigenvalue weighted by Crippen LogP contribution is 2.24. The molecule has 1 aromatic heterocycles. The van der Waals surface area contributed by atoms with Crippen LogP contribution in [-0.4, -0.2) is 66.8 Å². The summed E-state index contributed by atoms with van der Waals surface area (Å²) in [5, 5.41) is 21.0. The molecule has 0 amide bonds. The van der Waals surface area contributed by atoms with Crippen LogP contribution in [0.2, 0.25) is 0 Å². The Morgan fingerprint density at radius 2 is 1.75 bits per heavy atom. The van der Waals surface area contributed by atoms with Gasteiger partial charge in [0.15, 0.2) is 0 Å². The molecule has 0 bridgehead atoms. The van der Waals surface area contributed by atoms with Gasteiger partial charge in [-0.25, -0.2) is 0 Å². The van der Waals surface area contributed by atoms with E-state index in [1.165, 1.54) is 32.0 Å². The summed E-state index contributed by atoms with van der Waals surface area (Å²) in [5.41, 5.74) is 3.78. The molecule has 5 nitrogen and oxygen atoms in total. The fourth-order valence-corrected chi connectivity index (χ4v) is 4.02. The van der Waals surface area contributed by atoms with Crippen LogP contribution in [0.15, 0.2) is 24.3 Å². The third-order valence-electron chi connectivity index (χ3n) is 5.59. The molecule has 0 saturated carbocycles. The van der Waals surface area contributed by atoms with Gasteiger partial charge in [-0.2, -0.15) is 0 Å². The molecule has 132 valence electrons. The number of aliphatic hydroxyl groups is 2. The van der Waals surface area contributed by atoms with Gasteiger partial charge in [0.25, 0.3) is 0 Å². The van der Waals surface area contributed by atoms with Crippen molar-refractivity contribution in [1.29, 1.82) is 0 Å². The Morgan fingerprint density at radius 1 is 1.08 bits per heavy atom. The van der Waals surface area contributed by atoms with Gasteiger partial charge in [0.2, 0.25) is 0 Å². The van der Waals surface area contributed by atoms with Gasteiger partial charge in [-0.1, -0.05) is 18.2 Å². The quantitative estimate of drug-likeness (QED) is 0.514. The van der Waals surface area contributed by atoms with Crippen molar-refractivity contribution in [2.75, 3.05) is 45.9 Å². The summed E-state index contributed by atoms with van der Waals surface area (Å²) in [6, 6.07) is 8.45. The topological polar surface area (TPSA) is 54.3 Å². The predicted octanol–water partition coefficient (Wildman–Crippen LogP) is -1.61. The molecule has 3 rings (SSSR count). The monoisotopic (exact) mass is 333 g/mol. The molecule has 1 aliphatic rings. The zero-order valence-corrected chi connectivity index (χ0v) is 14.9. The molecule has 0 radical (unpaired) electrons. The van der Waals surface area contributed by atoms with Crippen molar-refractivity contribution >= 4 is 10.9 Å². The minimum atomic E-state index is -0.326. The van der Waals surface area contributed by atoms with Crippen LogP contribution in [0.25, 0.3) is 10.9 Å². The lowest BCUT2D eigenvalue weighted by atomic mass is 10.2. The molecule has 2 heterocycles. The molecule has 2 aromatic rings. The average Bonchev–Trinajstić information content (AvgIpc) is 2.82. The second kappa shape index (κ2) is 7.66. The zero-order chi connectivity index (χ0) is 17.1. The summed E-state index contributed by atoms with van der Waals surface area (Å²) >= 11 is 0. The summed E-state index contributed by atoms with van der Waals surface area (Å²) in [4.78, 5) is 2.97. The predicted molar refractivity (Wildman–Crippen MR) is 95.6 cm³/mol. The summed E-state index contributed by atoms with van der Waals surface area (Å²) in [7, 11) is 0. The van der Waals surface area contributed by atoms with E-state index in [1.54, 1.807) is 0 Å². The number of nitrogens with one attached hydrogen (secondary N) is 2. The first-order valence-corrected chi connectivity index (χ1v) is 9.10. The van der Waals surface area contributed by atoms with Crippen LogP contribution in [0.1, 0.15) is 11.3 Å². The standard InChI is InChI=1S/C19H29N3O2/c1-15-16(2)22(19-6-4-3-5-18(15)19)14-17(24)13-21-9-7-20(8-10-21)11-12-23/h3-6,17,23-24H,7-14H2,1-2H3/p+2/t17-/m0/s1. The molecule has 1 aliphatic heterocycles. The third kappa shape index (κ3) is 3.64. The molecule has 0 unspecified atom stereocenters. The minimum Gasteiger partial charge on any atom is -0.391 e. The van der Waals surface area contributed by atoms with Gasteiger partial charge in [0.05, 0.1) is 13.2 Å². The van der Waals surface area contributed by atoms with Gasteiger partial charge in [-0.05, 0) is 25.5 Å². The largest absolute Gasteiger partial charge is 0.391 e. The van der Waals surface area contributed by atoms with Crippen molar-refractivity contribution in [1.82, 2.24) is 4.57 Å². The number of aromatic nitrogens is 1. The first kappa shape index (κ1) is 17.4. The first-order chi connectivity index (χ1) is 11.6. The minimum absolute atomic E-state index is 0.270. The smallest absolute Gasteiger partial charge is 0.127 e. The summed E-state index contributed by atoms with van der Waals surface area (Å²) in [6.45, 7) is 11.2. The highest BCUT2D eigenvalue weighted by atomic mass is 16.3. The van der Waals surface area contributed by atoms with Crippen LogP contribution < -0.4 is 9.80 Å². The third-order valence-corrected chi connectivity index (χ3v) is 5.59. The van der Waals surface area contributed by atoms with Gasteiger partial charge in [-0.15, -0.1) is 0 Å². The molecule has 1 saturated heterocycles. The van der Waals surface area contributed by atoms with Crippen molar-refractivity contribution < 1.29 is 20.0 Å². The molecule has 1 aromatic carbocycles. The van der Waals surface area contributed by atoms with Crippen LogP contribution >= 0.6 is 0 Å². The van der Waals surface area contributed by atoms with Crippen LogP contribution in [-0.2, 0) is 6.54 Å². The van der Waals surface area contributed by atoms with Gasteiger partial charge < -0.3 is 24.6 Å². The number of aryl methyl sites for hydroxylation is 1. The zero-order valence-electron chi connectivity index (χ0n) is 14.9. The Morgan fingerprint density at radius 3 is 2.46 bits per heavy atom. The Balaban J connectivity index is 1.62. The van der Waals surface area contributed by atoms with E-state index < -0.39 is 0 Å². The van der Waals surface area contributed by atoms with Crippen molar-refractivity contribution in [3.05, 3.63) is 35.5 Å². The lowest BCUT2D eigenvalue weighted by Crippen LogP contribution is -3.28. The van der Waals surface area contributed by atoms with Gasteiger partial charge in [0.1, 0.15) is 45.4 Å². The second-order valence-electron chi connectivity index (χ2n) is 7.17. The van der Waals surface area contributed by atoms with E-state index in [9.17, 15) is 5.11 Å². The van der Waals surface area contributed by atoms with E-state index in [2.05, 4.69) is 42.7 Å². The Labute approximate surface area is 144 Å². The van der Waals surface area contributed by atoms with E-state index in [0.717, 1.165) is 39.3 Å². The number of rotatable bonds is 6. The summed E-state index contributed by atoms with van der Waals surface area (Å²) < 4.78 is 2.27. The maximum Gasteiger partial charge on any atom is 0.127 e. The fraction of sp³-hybridized carbons (Fsp3) is 0.579. The SMILES string of the molecule is Cc1c(C)n(C[C@@H](O)C[NH+]2CC[NH+](CCO)CC2)c2ccccc12. The van der Waals surface area contributed by atoms with Crippen molar-refractivity contribution in [2.24, 2.45) is 0 Å². The highest BCUT2D eigenvalue weighted by Gasteiger charge is 2.25. The molecule has 1 fully saturated rings. The number of quaternary nitrogens is 2. The molecule has 0 spiro atoms. The first-order valence-electron chi connectivity index (χ1n) is 9.10. The Hall–Kier alpha value is -1.40. The van der Waals surface area contributed by atoms with Crippen molar-refractivity contribution in [3.63, 3.8) is 0 Å². The number of benzene rings is 1. The highest BCUT2D eigenvalue weighted by molar-refractivity contribution is 5.85. The summed E-state index contributed by atoms with van der Waals surface area (Å²) in [5.74, 6) is 0. The van der Waals surface area contributed by atoms with Crippen LogP contribution in [0.3, 0.4) is 0 Å². The lowest BCUT2D eigenvalue weighted by molar-refractivity contribution is -1.01. The molecule has 1 atom stereocenters. The van der Waals surface area contributed by atoms with Crippen molar-refractivity contribution in [2.45, 2.75) is 26.5 Å². The number of fused-ring (bicyclic) bond motifs is 1. The maximum absolute atomic E-state index is 10.6. The number of aliphatic hydroxyl groups excluding tert-OH is 2. The number of hydrogen-bond donors (Lipinski definition) is 4. The molecule has 4 N–H and O–H groups in total. The van der Waals surface area contributed by atoms with Crippen LogP contribution in [0.4, 0.5) is 0 Å². The molecular weight excluding hydrogens is 302 g/mol. The molecule has 5 heteroatoms. The number of hydrogen-bond acceptors (Lipinski definition) is 2. The average molecular weight is 333 g/mol. The maximum atomic E-state index is 10.6. The van der Waals surface area contributed by atoms with E-state index >= 15 is 0 Å². The Kier molecular flexibility index (Phi) is 5.56. The molecule has 24 heavy (non-hydrogen) atoms. The Bertz CT molecular complexity index is 675. The van der Waals surface area contributed by atoms with E-state index in [0.29, 0.717) is 6.54 Å². The normalized spacial score (nSPS) is 22.8. The van der Waals surface area contributed by atoms with E-state index in [4.69, 9.17) is 5.11 Å². The number of nitrogens with zero attached hydrogens (tertiary/aromatic N) is 1. The molecule has 0 aliphatic carbocycles. The lowest BCUT2D eigenvalue weighted by Gasteiger charge is -2.30. The van der Waals surface area contributed by atoms with Gasteiger partial charge in [-0.3, -0.25) is 0 Å². The second-order valence-corrected chi connectivity index (χ2v) is 7.17. The van der Waals surface area contributed by atoms with Crippen LogP contribution in [0, 0.1) is 13.8 Å².